The van der Waals surface area contributed by atoms with Crippen LogP contribution in [0.25, 0.3) is 0 Å². The van der Waals surface area contributed by atoms with Gasteiger partial charge in [0, 0.05) is 37.8 Å². The number of nitrogens with zero attached hydrogens (tertiary/aromatic N) is 2. The molecule has 1 aromatic rings. The number of ether oxygens (including phenoxy) is 1. The van der Waals surface area contributed by atoms with E-state index in [0.29, 0.717) is 13.2 Å². The maximum absolute atomic E-state index is 12.3. The number of para-hydroxylation sites is 1. The summed E-state index contributed by atoms with van der Waals surface area (Å²) in [7, 11) is 6.11. The van der Waals surface area contributed by atoms with Crippen LogP contribution in [0.3, 0.4) is 0 Å². The Hall–Kier alpha value is -1.59. The second-order valence-corrected chi connectivity index (χ2v) is 6.75. The van der Waals surface area contributed by atoms with Crippen molar-refractivity contribution >= 4 is 11.6 Å². The average Bonchev–Trinajstić information content (AvgIpc) is 3.03. The predicted octanol–water partition coefficient (Wildman–Crippen LogP) is 0.841. The summed E-state index contributed by atoms with van der Waals surface area (Å²) in [4.78, 5) is 16.6. The molecule has 1 amide bonds. The first-order valence-corrected chi connectivity index (χ1v) is 7.86. The van der Waals surface area contributed by atoms with Crippen molar-refractivity contribution < 1.29 is 9.53 Å². The molecule has 2 aliphatic heterocycles. The number of hydrogen-bond acceptors (Lipinski definition) is 4. The molecule has 120 valence electrons. The van der Waals surface area contributed by atoms with Crippen LogP contribution in [0.4, 0.5) is 5.69 Å². The van der Waals surface area contributed by atoms with Crippen LogP contribution in [0.2, 0.25) is 0 Å². The third-order valence-corrected chi connectivity index (χ3v) is 4.71. The van der Waals surface area contributed by atoms with E-state index in [0.717, 1.165) is 19.5 Å². The molecule has 1 fully saturated rings. The highest BCUT2D eigenvalue weighted by atomic mass is 16.5. The number of nitrogens with one attached hydrogen (secondary N) is 1. The van der Waals surface area contributed by atoms with Gasteiger partial charge in [0.05, 0.1) is 6.61 Å². The van der Waals surface area contributed by atoms with E-state index in [1.165, 1.54) is 11.3 Å². The maximum Gasteiger partial charge on any atom is 0.249 e. The van der Waals surface area contributed by atoms with E-state index in [-0.39, 0.29) is 17.4 Å². The number of carbonyl (C=O) groups is 1. The van der Waals surface area contributed by atoms with Crippen LogP contribution in [-0.4, -0.2) is 64.3 Å². The Balaban J connectivity index is 1.67. The number of likely N-dealkylation sites (N-methyl/N-ethyl adjacent to an activating group) is 2. The second kappa shape index (κ2) is 5.89. The summed E-state index contributed by atoms with van der Waals surface area (Å²) in [6.07, 6.45) is 0.434. The summed E-state index contributed by atoms with van der Waals surface area (Å²) in [6.45, 7) is 3.05. The van der Waals surface area contributed by atoms with E-state index in [9.17, 15) is 4.79 Å². The average molecular weight is 303 g/mol. The Bertz CT molecular complexity index is 561. The Morgan fingerprint density at radius 2 is 2.23 bits per heavy atom. The number of hydrogen-bond donors (Lipinski definition) is 1. The molecule has 2 heterocycles. The molecule has 1 saturated heterocycles. The second-order valence-electron chi connectivity index (χ2n) is 6.75. The lowest BCUT2D eigenvalue weighted by molar-refractivity contribution is -0.130. The van der Waals surface area contributed by atoms with Crippen LogP contribution >= 0.6 is 0 Å². The molecule has 2 aliphatic rings. The largest absolute Gasteiger partial charge is 0.373 e. The van der Waals surface area contributed by atoms with E-state index < -0.39 is 0 Å². The fourth-order valence-corrected chi connectivity index (χ4v) is 3.59. The van der Waals surface area contributed by atoms with Gasteiger partial charge >= 0.3 is 0 Å². The minimum atomic E-state index is -0.332. The summed E-state index contributed by atoms with van der Waals surface area (Å²) in [5, 5.41) is 2.98. The zero-order valence-corrected chi connectivity index (χ0v) is 13.6. The Morgan fingerprint density at radius 1 is 1.45 bits per heavy atom. The monoisotopic (exact) mass is 303 g/mol. The van der Waals surface area contributed by atoms with Crippen molar-refractivity contribution in [3.05, 3.63) is 29.8 Å². The van der Waals surface area contributed by atoms with Gasteiger partial charge in [0.15, 0.2) is 0 Å². The van der Waals surface area contributed by atoms with Gasteiger partial charge in [0.2, 0.25) is 5.91 Å². The lowest BCUT2D eigenvalue weighted by Crippen LogP contribution is -2.39. The van der Waals surface area contributed by atoms with E-state index in [2.05, 4.69) is 46.4 Å². The van der Waals surface area contributed by atoms with Gasteiger partial charge in [-0.3, -0.25) is 4.79 Å². The minimum Gasteiger partial charge on any atom is -0.373 e. The summed E-state index contributed by atoms with van der Waals surface area (Å²) in [5.74, 6) is 0.0192. The van der Waals surface area contributed by atoms with Gasteiger partial charge in [0.1, 0.15) is 6.10 Å². The Labute approximate surface area is 132 Å². The van der Waals surface area contributed by atoms with Crippen molar-refractivity contribution in [2.75, 3.05) is 52.3 Å². The number of anilines is 1. The van der Waals surface area contributed by atoms with Gasteiger partial charge < -0.3 is 19.9 Å². The van der Waals surface area contributed by atoms with Crippen molar-refractivity contribution in [2.45, 2.75) is 17.9 Å². The van der Waals surface area contributed by atoms with Crippen molar-refractivity contribution in [2.24, 2.45) is 0 Å². The van der Waals surface area contributed by atoms with Gasteiger partial charge in [-0.2, -0.15) is 0 Å². The van der Waals surface area contributed by atoms with E-state index in [4.69, 9.17) is 4.74 Å². The zero-order valence-electron chi connectivity index (χ0n) is 13.6. The molecule has 22 heavy (non-hydrogen) atoms. The smallest absolute Gasteiger partial charge is 0.249 e. The molecule has 0 aromatic heterocycles. The molecule has 1 aromatic carbocycles. The normalized spacial score (nSPS) is 26.7. The summed E-state index contributed by atoms with van der Waals surface area (Å²) >= 11 is 0. The molecule has 0 saturated carbocycles. The van der Waals surface area contributed by atoms with Gasteiger partial charge in [-0.25, -0.2) is 0 Å². The topological polar surface area (TPSA) is 44.8 Å². The van der Waals surface area contributed by atoms with Gasteiger partial charge in [0.25, 0.3) is 0 Å². The summed E-state index contributed by atoms with van der Waals surface area (Å²) in [6, 6.07) is 8.46. The first-order chi connectivity index (χ1) is 10.5. The molecule has 1 spiro atoms. The van der Waals surface area contributed by atoms with Crippen molar-refractivity contribution in [3.8, 4) is 0 Å². The van der Waals surface area contributed by atoms with Crippen LogP contribution in [0.5, 0.6) is 0 Å². The van der Waals surface area contributed by atoms with Gasteiger partial charge in [-0.15, -0.1) is 0 Å². The van der Waals surface area contributed by atoms with E-state index in [1.807, 2.05) is 14.1 Å². The molecule has 2 atom stereocenters. The maximum atomic E-state index is 12.3. The first kappa shape index (κ1) is 15.3. The van der Waals surface area contributed by atoms with Crippen LogP contribution in [0, 0.1) is 0 Å². The summed E-state index contributed by atoms with van der Waals surface area (Å²) < 4.78 is 5.86. The lowest BCUT2D eigenvalue weighted by Gasteiger charge is -2.22. The Kier molecular flexibility index (Phi) is 4.10. The minimum absolute atomic E-state index is 0.0192. The number of fused-ring (bicyclic) bond motifs is 2. The standard InChI is InChI=1S/C17H25N3O2/c1-19(2)9-8-18-16(21)15-10-17(12-22-15)11-20(3)14-7-5-4-6-13(14)17/h4-7,15H,8-12H2,1-3H3,(H,18,21)/t15-,17+/m0/s1. The molecule has 5 heteroatoms. The molecule has 1 N–H and O–H groups in total. The van der Waals surface area contributed by atoms with Crippen LogP contribution in [-0.2, 0) is 14.9 Å². The lowest BCUT2D eigenvalue weighted by atomic mass is 9.80. The third-order valence-electron chi connectivity index (χ3n) is 4.71. The third kappa shape index (κ3) is 2.71. The molecular weight excluding hydrogens is 278 g/mol. The molecule has 0 aliphatic carbocycles. The molecule has 0 radical (unpaired) electrons. The molecule has 5 nitrogen and oxygen atoms in total. The number of rotatable bonds is 4. The van der Waals surface area contributed by atoms with Gasteiger partial charge in [-0.05, 0) is 32.1 Å². The number of benzene rings is 1. The zero-order chi connectivity index (χ0) is 15.7. The van der Waals surface area contributed by atoms with Crippen LogP contribution < -0.4 is 10.2 Å². The highest BCUT2D eigenvalue weighted by Crippen LogP contribution is 2.46. The van der Waals surface area contributed by atoms with Crippen molar-refractivity contribution in [1.29, 1.82) is 0 Å². The van der Waals surface area contributed by atoms with E-state index in [1.54, 1.807) is 0 Å². The number of amides is 1. The number of carbonyl (C=O) groups excluding carboxylic acids is 1. The van der Waals surface area contributed by atoms with Crippen molar-refractivity contribution in [3.63, 3.8) is 0 Å². The first-order valence-electron chi connectivity index (χ1n) is 7.86. The van der Waals surface area contributed by atoms with Crippen LogP contribution in [0.1, 0.15) is 12.0 Å². The highest BCUT2D eigenvalue weighted by molar-refractivity contribution is 5.81. The van der Waals surface area contributed by atoms with Crippen LogP contribution in [0.15, 0.2) is 24.3 Å². The highest BCUT2D eigenvalue weighted by Gasteiger charge is 2.49. The molecular formula is C17H25N3O2. The molecule has 0 unspecified atom stereocenters. The Morgan fingerprint density at radius 3 is 3.00 bits per heavy atom. The SMILES string of the molecule is CN(C)CCNC(=O)[C@@H]1C[C@]2(CO1)CN(C)c1ccccc12. The fraction of sp³-hybridized carbons (Fsp3) is 0.588. The van der Waals surface area contributed by atoms with Crippen molar-refractivity contribution in [1.82, 2.24) is 10.2 Å². The van der Waals surface area contributed by atoms with E-state index >= 15 is 0 Å². The van der Waals surface area contributed by atoms with Gasteiger partial charge in [-0.1, -0.05) is 18.2 Å². The molecule has 0 bridgehead atoms. The quantitative estimate of drug-likeness (QED) is 0.895. The predicted molar refractivity (Wildman–Crippen MR) is 87.3 cm³/mol. The molecule has 3 rings (SSSR count). The summed E-state index contributed by atoms with van der Waals surface area (Å²) in [5.41, 5.74) is 2.55. The fourth-order valence-electron chi connectivity index (χ4n) is 3.59.